The highest BCUT2D eigenvalue weighted by Crippen LogP contribution is 2.37. The van der Waals surface area contributed by atoms with Crippen LogP contribution < -0.4 is 26.9 Å². The minimum atomic E-state index is -0.700. The minimum absolute atomic E-state index is 0.0180. The molecule has 30 heteroatoms. The van der Waals surface area contributed by atoms with Gasteiger partial charge in [-0.15, -0.1) is 0 Å². The van der Waals surface area contributed by atoms with Crippen LogP contribution in [-0.4, -0.2) is 58.2 Å². The molecule has 0 radical (unpaired) electrons. The van der Waals surface area contributed by atoms with Crippen LogP contribution in [0.3, 0.4) is 0 Å². The van der Waals surface area contributed by atoms with Gasteiger partial charge in [-0.3, -0.25) is 0 Å². The third-order valence-corrected chi connectivity index (χ3v) is 12.6. The zero-order chi connectivity index (χ0) is 58.8. The van der Waals surface area contributed by atoms with Crippen molar-refractivity contribution in [1.82, 2.24) is 39.9 Å². The predicted octanol–water partition coefficient (Wildman–Crippen LogP) is 7.64. The smallest absolute Gasteiger partial charge is 0.435 e. The van der Waals surface area contributed by atoms with E-state index in [-0.39, 0.29) is 118 Å². The Hall–Kier alpha value is -11.7. The van der Waals surface area contributed by atoms with Gasteiger partial charge in [0, 0.05) is 11.0 Å². The molecule has 0 aliphatic carbocycles. The molecule has 386 valence electrons. The van der Waals surface area contributed by atoms with Gasteiger partial charge in [-0.05, 0) is 105 Å². The normalized spacial score (nSPS) is 14.0. The van der Waals surface area contributed by atoms with Crippen LogP contribution in [-0.2, 0) is 9.31 Å². The van der Waals surface area contributed by atoms with Gasteiger partial charge >= 0.3 is 18.6 Å². The average Bonchev–Trinajstić information content (AvgIpc) is 4.51. The third kappa shape index (κ3) is 10.3. The molecule has 0 atom stereocenters. The molecule has 0 unspecified atom stereocenters. The molecule has 4 aromatic carbocycles. The number of allylic oxidation sites excluding steroid dienone is 1. The van der Waals surface area contributed by atoms with Gasteiger partial charge in [0.2, 0.25) is 44.7 Å². The zero-order valence-corrected chi connectivity index (χ0v) is 44.1. The lowest BCUT2D eigenvalue weighted by Crippen LogP contribution is -2.42. The van der Waals surface area contributed by atoms with Crippen molar-refractivity contribution in [2.24, 2.45) is 20.0 Å². The number of hydrogen-bond donors (Lipinski definition) is 0. The summed E-state index contributed by atoms with van der Waals surface area (Å²) >= 11 is 17.5. The number of aromatic nitrogens is 8. The summed E-state index contributed by atoms with van der Waals surface area (Å²) in [7, 11) is -0.700. The first-order valence-electron chi connectivity index (χ1n) is 22.7. The highest BCUT2D eigenvalue weighted by molar-refractivity contribution is 6.62. The van der Waals surface area contributed by atoms with Crippen LogP contribution in [0.1, 0.15) is 49.9 Å². The van der Waals surface area contributed by atoms with Crippen molar-refractivity contribution in [2.45, 2.75) is 38.9 Å². The maximum atomic E-state index is 9.85. The summed E-state index contributed by atoms with van der Waals surface area (Å²) in [5.41, 5.74) is 1.73. The molecule has 7 heterocycles. The Morgan fingerprint density at radius 3 is 1.60 bits per heavy atom. The maximum Gasteiger partial charge on any atom is 0.564 e. The molecule has 0 saturated carbocycles. The van der Waals surface area contributed by atoms with Crippen molar-refractivity contribution >= 4 is 81.0 Å². The molecule has 3 aliphatic rings. The van der Waals surface area contributed by atoms with Gasteiger partial charge in [-0.1, -0.05) is 6.07 Å². The Bertz CT molecular complexity index is 4810. The van der Waals surface area contributed by atoms with Crippen LogP contribution in [0.15, 0.2) is 100 Å². The van der Waals surface area contributed by atoms with Crippen LogP contribution in [0.2, 0.25) is 15.9 Å². The lowest BCUT2D eigenvalue weighted by molar-refractivity contribution is 0.00578. The van der Waals surface area contributed by atoms with E-state index in [1.54, 1.807) is 24.3 Å². The highest BCUT2D eigenvalue weighted by Gasteiger charge is 2.52. The fourth-order valence-electron chi connectivity index (χ4n) is 7.58. The van der Waals surface area contributed by atoms with Gasteiger partial charge in [0.25, 0.3) is 11.8 Å². The maximum absolute atomic E-state index is 9.85. The number of nitrogens with zero attached hydrogens (tertiary/aromatic N) is 22. The fourth-order valence-corrected chi connectivity index (χ4v) is 8.10. The topological polar surface area (TPSA) is 338 Å². The number of rotatable bonds is 4. The molecule has 11 rings (SSSR count). The Morgan fingerprint density at radius 1 is 0.537 bits per heavy atom. The standard InChI is InChI=1S/C23H4ClN11O.C17H14BN5O2.C12H2Cl2N6O/c1-28-14-6-15-17(5-10(14)7-25)36-22(31-15)21-33-19(34-23(24)35-21)11-3-4-13-18(12(11)8-26)32-20(30-13)16(9-27)29-2;1-16(2)17(3,4)25-18(24-16)11-7-8-12-13(10(11)9-19)23-15(22-12)14(20-5)21-6;1-16-6-3-8-7(2-5(6)4-15)17-10(21-8)9-18-11(13)20-12(14)19-9/h3-6H;7-8H,1-4H3;2-3H/b20-16+;;. The van der Waals surface area contributed by atoms with E-state index in [1.165, 1.54) is 30.3 Å². The molecule has 1 fully saturated rings. The van der Waals surface area contributed by atoms with Crippen LogP contribution >= 0.6 is 34.8 Å². The predicted molar refractivity (Wildman–Crippen MR) is 284 cm³/mol. The number of oxazole rings is 2. The Labute approximate surface area is 475 Å². The molecule has 1 saturated heterocycles. The van der Waals surface area contributed by atoms with Crippen molar-refractivity contribution in [3.63, 3.8) is 0 Å². The quantitative estimate of drug-likeness (QED) is 0.0927. The molecule has 0 bridgehead atoms. The van der Waals surface area contributed by atoms with E-state index < -0.39 is 18.3 Å². The monoisotopic (exact) mass is 1130 g/mol. The number of hydrogen-bond acceptors (Lipinski definition) is 21. The van der Waals surface area contributed by atoms with Crippen molar-refractivity contribution < 1.29 is 18.1 Å². The summed E-state index contributed by atoms with van der Waals surface area (Å²) in [5.74, 6) is -0.213. The van der Waals surface area contributed by atoms with Crippen LogP contribution in [0.4, 0.5) is 11.4 Å². The second-order valence-corrected chi connectivity index (χ2v) is 18.4. The first-order chi connectivity index (χ1) is 39.3. The van der Waals surface area contributed by atoms with Gasteiger partial charge in [0.15, 0.2) is 17.2 Å². The summed E-state index contributed by atoms with van der Waals surface area (Å²) in [5, 5.41) is 47.7. The van der Waals surface area contributed by atoms with Crippen LogP contribution in [0.25, 0.3) is 81.2 Å². The van der Waals surface area contributed by atoms with E-state index in [4.69, 9.17) is 96.3 Å². The molecular formula is C52H20BCl3N22O4. The van der Waals surface area contributed by atoms with Crippen LogP contribution in [0.5, 0.6) is 0 Å². The second-order valence-electron chi connectivity index (χ2n) is 17.4. The molecular weight excluding hydrogens is 1110 g/mol. The second kappa shape index (κ2) is 22.0. The van der Waals surface area contributed by atoms with Crippen molar-refractivity contribution in [3.05, 3.63) is 188 Å². The highest BCUT2D eigenvalue weighted by atomic mass is 35.5. The number of halogens is 3. The van der Waals surface area contributed by atoms with E-state index >= 15 is 0 Å². The van der Waals surface area contributed by atoms with E-state index in [0.717, 1.165) is 0 Å². The van der Waals surface area contributed by atoms with Gasteiger partial charge < -0.3 is 18.1 Å². The minimum Gasteiger partial charge on any atom is -0.435 e. The van der Waals surface area contributed by atoms with E-state index in [9.17, 15) is 15.8 Å². The van der Waals surface area contributed by atoms with Gasteiger partial charge in [0.1, 0.15) is 47.1 Å². The molecule has 4 aromatic heterocycles. The summed E-state index contributed by atoms with van der Waals surface area (Å²) < 4.78 is 23.2. The number of nitriles is 5. The van der Waals surface area contributed by atoms with Crippen molar-refractivity contribution in [3.8, 4) is 65.2 Å². The van der Waals surface area contributed by atoms with Crippen molar-refractivity contribution in [2.75, 3.05) is 0 Å². The zero-order valence-electron chi connectivity index (χ0n) is 41.8. The Balaban J connectivity index is 0.000000155. The Kier molecular flexibility index (Phi) is 14.7. The third-order valence-electron chi connectivity index (χ3n) is 12.1. The van der Waals surface area contributed by atoms with Gasteiger partial charge in [-0.2, -0.15) is 55.7 Å². The molecule has 0 amide bonds. The van der Waals surface area contributed by atoms with Crippen LogP contribution in [0, 0.1) is 89.5 Å². The molecule has 26 nitrogen and oxygen atoms in total. The van der Waals surface area contributed by atoms with Gasteiger partial charge in [0.05, 0.1) is 87.6 Å². The average molecular weight is 1130 g/mol. The lowest BCUT2D eigenvalue weighted by Gasteiger charge is -2.32. The Morgan fingerprint density at radius 2 is 1.04 bits per heavy atom. The SMILES string of the molecule is [C-]#[N+]/C(C#N)=C1\N=c2ccc(-c3nc(Cl)nc(-c4nc5cc([N+]#[C-])c(C#N)cc5o4)n3)c(C#N)c2=N1.[C-]#[N+]C([N+]#[C-])=C1N=c2ccc(B3OC(C)(C)C(C)(C)O3)c(C#N)c2=N1.[C-]#[N+]c1cc2oc(-c3nc(Cl)nc(Cl)n3)nc2cc1C#N. The summed E-state index contributed by atoms with van der Waals surface area (Å²) in [6, 6.07) is 21.9. The van der Waals surface area contributed by atoms with Crippen molar-refractivity contribution in [1.29, 1.82) is 26.3 Å². The number of fused-ring (bicyclic) bond motifs is 4. The summed E-state index contributed by atoms with van der Waals surface area (Å²) in [6.45, 7) is 43.1. The molecule has 0 N–H and O–H groups in total. The largest absolute Gasteiger partial charge is 0.564 e. The lowest BCUT2D eigenvalue weighted by atomic mass is 9.76. The van der Waals surface area contributed by atoms with E-state index in [0.29, 0.717) is 38.2 Å². The molecule has 0 spiro atoms. The van der Waals surface area contributed by atoms with Gasteiger partial charge in [-0.25, -0.2) is 54.7 Å². The van der Waals surface area contributed by atoms with E-state index in [2.05, 4.69) is 90.1 Å². The fraction of sp³-hybridized carbons (Fsp3) is 0.115. The molecule has 82 heavy (non-hydrogen) atoms. The molecule has 8 aromatic rings. The summed E-state index contributed by atoms with van der Waals surface area (Å²) in [6.07, 6.45) is 0. The first kappa shape index (κ1) is 55.0. The summed E-state index contributed by atoms with van der Waals surface area (Å²) in [4.78, 5) is 65.0. The molecule has 3 aliphatic heterocycles. The first-order valence-corrected chi connectivity index (χ1v) is 23.8. The number of benzene rings is 4. The van der Waals surface area contributed by atoms with E-state index in [1.807, 2.05) is 45.9 Å².